The highest BCUT2D eigenvalue weighted by Crippen LogP contribution is 2.15. The minimum atomic E-state index is -3.77. The highest BCUT2D eigenvalue weighted by molar-refractivity contribution is 7.89. The first kappa shape index (κ1) is 25.5. The van der Waals surface area contributed by atoms with E-state index in [0.29, 0.717) is 37.4 Å². The highest BCUT2D eigenvalue weighted by Gasteiger charge is 2.16. The van der Waals surface area contributed by atoms with Crippen molar-refractivity contribution in [3.8, 4) is 0 Å². The molecule has 0 saturated heterocycles. The lowest BCUT2D eigenvalue weighted by molar-refractivity contribution is 0.0943. The summed E-state index contributed by atoms with van der Waals surface area (Å²) in [6.07, 6.45) is 0.704. The molecule has 2 rings (SSSR count). The Morgan fingerprint density at radius 3 is 2.38 bits per heavy atom. The van der Waals surface area contributed by atoms with Crippen molar-refractivity contribution in [2.24, 2.45) is 0 Å². The number of anilines is 1. The molecule has 0 heterocycles. The fourth-order valence-corrected chi connectivity index (χ4v) is 3.79. The van der Waals surface area contributed by atoms with E-state index in [4.69, 9.17) is 9.47 Å². The smallest absolute Gasteiger partial charge is 0.255 e. The average Bonchev–Trinajstić information content (AvgIpc) is 2.79. The van der Waals surface area contributed by atoms with Crippen LogP contribution in [0.5, 0.6) is 0 Å². The second-order valence-electron chi connectivity index (χ2n) is 6.76. The summed E-state index contributed by atoms with van der Waals surface area (Å²) in [6, 6.07) is 12.2. The lowest BCUT2D eigenvalue weighted by Gasteiger charge is -2.10. The van der Waals surface area contributed by atoms with Crippen molar-refractivity contribution >= 4 is 27.5 Å². The summed E-state index contributed by atoms with van der Waals surface area (Å²) in [6.45, 7) is 3.95. The van der Waals surface area contributed by atoms with Gasteiger partial charge in [0.15, 0.2) is 0 Å². The standard InChI is InChI=1S/C22H29N3O6S/c1-3-31-13-6-11-23-21(26)17-7-4-9-19(15-17)25-22(27)18-8-5-10-20(16-18)32(28,29)24-12-14-30-2/h4-5,7-10,15-16,24H,3,6,11-14H2,1-2H3,(H,23,26)(H,25,27). The Balaban J connectivity index is 2.02. The predicted molar refractivity (Wildman–Crippen MR) is 121 cm³/mol. The zero-order valence-electron chi connectivity index (χ0n) is 18.2. The van der Waals surface area contributed by atoms with Crippen LogP contribution in [0.3, 0.4) is 0 Å². The van der Waals surface area contributed by atoms with E-state index in [-0.39, 0.29) is 29.5 Å². The fourth-order valence-electron chi connectivity index (χ4n) is 2.73. The van der Waals surface area contributed by atoms with Crippen LogP contribution >= 0.6 is 0 Å². The number of ether oxygens (including phenoxy) is 2. The second kappa shape index (κ2) is 12.9. The topological polar surface area (TPSA) is 123 Å². The van der Waals surface area contributed by atoms with Crippen LogP contribution < -0.4 is 15.4 Å². The number of methoxy groups -OCH3 is 1. The molecule has 0 bridgehead atoms. The van der Waals surface area contributed by atoms with Gasteiger partial charge in [0.1, 0.15) is 0 Å². The van der Waals surface area contributed by atoms with E-state index in [9.17, 15) is 18.0 Å². The van der Waals surface area contributed by atoms with Gasteiger partial charge in [-0.15, -0.1) is 0 Å². The summed E-state index contributed by atoms with van der Waals surface area (Å²) < 4.78 is 37.2. The zero-order chi connectivity index (χ0) is 23.4. The Hall–Kier alpha value is -2.79. The fraction of sp³-hybridized carbons (Fsp3) is 0.364. The molecule has 174 valence electrons. The van der Waals surface area contributed by atoms with Crippen molar-refractivity contribution in [1.82, 2.24) is 10.0 Å². The molecule has 0 aliphatic rings. The molecule has 0 saturated carbocycles. The van der Waals surface area contributed by atoms with E-state index in [1.807, 2.05) is 6.92 Å². The summed E-state index contributed by atoms with van der Waals surface area (Å²) in [4.78, 5) is 24.9. The molecule has 2 amide bonds. The van der Waals surface area contributed by atoms with Gasteiger partial charge in [-0.05, 0) is 49.7 Å². The number of hydrogen-bond donors (Lipinski definition) is 3. The van der Waals surface area contributed by atoms with Crippen LogP contribution in [0, 0.1) is 0 Å². The number of amides is 2. The Labute approximate surface area is 188 Å². The van der Waals surface area contributed by atoms with Gasteiger partial charge in [-0.1, -0.05) is 12.1 Å². The van der Waals surface area contributed by atoms with Crippen molar-refractivity contribution in [2.45, 2.75) is 18.2 Å². The molecule has 3 N–H and O–H groups in total. The van der Waals surface area contributed by atoms with E-state index in [1.54, 1.807) is 24.3 Å². The second-order valence-corrected chi connectivity index (χ2v) is 8.53. The molecule has 0 aromatic heterocycles. The molecule has 0 fully saturated rings. The lowest BCUT2D eigenvalue weighted by atomic mass is 10.1. The maximum absolute atomic E-state index is 12.6. The number of rotatable bonds is 13. The molecule has 9 nitrogen and oxygen atoms in total. The summed E-state index contributed by atoms with van der Waals surface area (Å²) in [7, 11) is -2.29. The first-order valence-electron chi connectivity index (χ1n) is 10.2. The average molecular weight is 464 g/mol. The molecule has 2 aromatic rings. The quantitative estimate of drug-likeness (QED) is 0.391. The SMILES string of the molecule is CCOCCCNC(=O)c1cccc(NC(=O)c2cccc(S(=O)(=O)NCCOC)c2)c1. The van der Waals surface area contributed by atoms with Crippen LogP contribution in [0.2, 0.25) is 0 Å². The van der Waals surface area contributed by atoms with Gasteiger partial charge in [0.05, 0.1) is 11.5 Å². The maximum Gasteiger partial charge on any atom is 0.255 e. The van der Waals surface area contributed by atoms with E-state index in [2.05, 4.69) is 15.4 Å². The van der Waals surface area contributed by atoms with Gasteiger partial charge in [-0.25, -0.2) is 13.1 Å². The maximum atomic E-state index is 12.6. The normalized spacial score (nSPS) is 11.2. The van der Waals surface area contributed by atoms with Crippen molar-refractivity contribution in [2.75, 3.05) is 45.3 Å². The van der Waals surface area contributed by atoms with E-state index >= 15 is 0 Å². The molecule has 0 aliphatic carbocycles. The number of nitrogens with one attached hydrogen (secondary N) is 3. The number of benzene rings is 2. The molecular formula is C22H29N3O6S. The van der Waals surface area contributed by atoms with Gasteiger partial charge in [-0.3, -0.25) is 9.59 Å². The first-order chi connectivity index (χ1) is 15.4. The largest absolute Gasteiger partial charge is 0.383 e. The Morgan fingerprint density at radius 1 is 0.938 bits per heavy atom. The molecule has 2 aromatic carbocycles. The Morgan fingerprint density at radius 2 is 1.66 bits per heavy atom. The minimum Gasteiger partial charge on any atom is -0.383 e. The van der Waals surface area contributed by atoms with E-state index in [0.717, 1.165) is 0 Å². The van der Waals surface area contributed by atoms with Crippen molar-refractivity contribution < 1.29 is 27.5 Å². The van der Waals surface area contributed by atoms with Crippen molar-refractivity contribution in [3.63, 3.8) is 0 Å². The lowest BCUT2D eigenvalue weighted by Crippen LogP contribution is -2.27. The monoisotopic (exact) mass is 463 g/mol. The first-order valence-corrected chi connectivity index (χ1v) is 11.7. The molecule has 0 aliphatic heterocycles. The van der Waals surface area contributed by atoms with Crippen LogP contribution in [-0.2, 0) is 19.5 Å². The molecule has 0 atom stereocenters. The van der Waals surface area contributed by atoms with Crippen molar-refractivity contribution in [3.05, 3.63) is 59.7 Å². The van der Waals surface area contributed by atoms with Gasteiger partial charge < -0.3 is 20.1 Å². The van der Waals surface area contributed by atoms with Crippen LogP contribution in [0.15, 0.2) is 53.4 Å². The molecule has 10 heteroatoms. The summed E-state index contributed by atoms with van der Waals surface area (Å²) in [5, 5.41) is 5.50. The number of carbonyl (C=O) groups is 2. The van der Waals surface area contributed by atoms with Gasteiger partial charge >= 0.3 is 0 Å². The van der Waals surface area contributed by atoms with Gasteiger partial charge in [0, 0.05) is 50.2 Å². The number of hydrogen-bond acceptors (Lipinski definition) is 6. The van der Waals surface area contributed by atoms with Crippen molar-refractivity contribution in [1.29, 1.82) is 0 Å². The van der Waals surface area contributed by atoms with Gasteiger partial charge in [0.2, 0.25) is 10.0 Å². The highest BCUT2D eigenvalue weighted by atomic mass is 32.2. The molecule has 0 radical (unpaired) electrons. The van der Waals surface area contributed by atoms with E-state index in [1.165, 1.54) is 31.4 Å². The van der Waals surface area contributed by atoms with Gasteiger partial charge in [0.25, 0.3) is 11.8 Å². The predicted octanol–water partition coefficient (Wildman–Crippen LogP) is 2.02. The molecule has 32 heavy (non-hydrogen) atoms. The minimum absolute atomic E-state index is 0.0264. The van der Waals surface area contributed by atoms with Crippen LogP contribution in [-0.4, -0.2) is 60.3 Å². The number of sulfonamides is 1. The van der Waals surface area contributed by atoms with E-state index < -0.39 is 15.9 Å². The third-order valence-electron chi connectivity index (χ3n) is 4.34. The van der Waals surface area contributed by atoms with Crippen LogP contribution in [0.4, 0.5) is 5.69 Å². The number of carbonyl (C=O) groups excluding carboxylic acids is 2. The Bertz CT molecular complexity index is 1010. The summed E-state index contributed by atoms with van der Waals surface area (Å²) in [5.74, 6) is -0.749. The molecule has 0 spiro atoms. The third kappa shape index (κ3) is 8.04. The molecule has 0 unspecified atom stereocenters. The van der Waals surface area contributed by atoms with Crippen LogP contribution in [0.25, 0.3) is 0 Å². The third-order valence-corrected chi connectivity index (χ3v) is 5.80. The summed E-state index contributed by atoms with van der Waals surface area (Å²) >= 11 is 0. The summed E-state index contributed by atoms with van der Waals surface area (Å²) in [5.41, 5.74) is 0.992. The van der Waals surface area contributed by atoms with Gasteiger partial charge in [-0.2, -0.15) is 0 Å². The zero-order valence-corrected chi connectivity index (χ0v) is 19.0. The van der Waals surface area contributed by atoms with Crippen LogP contribution in [0.1, 0.15) is 34.1 Å². The Kier molecular flexibility index (Phi) is 10.3. The molecular weight excluding hydrogens is 434 g/mol.